The lowest BCUT2D eigenvalue weighted by molar-refractivity contribution is -0.120. The Morgan fingerprint density at radius 3 is 2.76 bits per heavy atom. The highest BCUT2D eigenvalue weighted by Crippen LogP contribution is 2.30. The molecule has 0 aliphatic rings. The lowest BCUT2D eigenvalue weighted by atomic mass is 10.2. The number of pyridine rings is 1. The normalized spacial score (nSPS) is 10.8. The number of nitrogens with zero attached hydrogens (tertiary/aromatic N) is 3. The Morgan fingerprint density at radius 2 is 2.00 bits per heavy atom. The van der Waals surface area contributed by atoms with Crippen LogP contribution in [0.5, 0.6) is 5.75 Å². The van der Waals surface area contributed by atoms with Crippen LogP contribution in [-0.2, 0) is 11.3 Å². The summed E-state index contributed by atoms with van der Waals surface area (Å²) >= 11 is 1.46. The third-order valence-corrected chi connectivity index (χ3v) is 5.35. The van der Waals surface area contributed by atoms with Crippen LogP contribution in [0.25, 0.3) is 10.2 Å². The zero-order chi connectivity index (χ0) is 20.2. The van der Waals surface area contributed by atoms with E-state index in [4.69, 9.17) is 4.74 Å². The molecule has 2 heterocycles. The van der Waals surface area contributed by atoms with Gasteiger partial charge in [0.25, 0.3) is 5.91 Å². The van der Waals surface area contributed by atoms with Gasteiger partial charge in [-0.25, -0.2) is 9.37 Å². The van der Waals surface area contributed by atoms with Crippen LogP contribution in [0.4, 0.5) is 9.52 Å². The number of benzene rings is 2. The highest BCUT2D eigenvalue weighted by molar-refractivity contribution is 7.22. The molecule has 2 aromatic carbocycles. The number of halogens is 1. The number of aromatic nitrogens is 2. The fourth-order valence-corrected chi connectivity index (χ4v) is 3.91. The molecule has 0 spiro atoms. The largest absolute Gasteiger partial charge is 0.484 e. The van der Waals surface area contributed by atoms with Crippen molar-refractivity contribution in [2.75, 3.05) is 11.5 Å². The summed E-state index contributed by atoms with van der Waals surface area (Å²) in [4.78, 5) is 23.4. The predicted octanol–water partition coefficient (Wildman–Crippen LogP) is 4.75. The van der Waals surface area contributed by atoms with Gasteiger partial charge in [0, 0.05) is 12.4 Å². The quantitative estimate of drug-likeness (QED) is 0.463. The van der Waals surface area contributed by atoms with Crippen molar-refractivity contribution in [1.82, 2.24) is 9.97 Å². The summed E-state index contributed by atoms with van der Waals surface area (Å²) in [6.07, 6.45) is 3.41. The second kappa shape index (κ2) is 8.36. The van der Waals surface area contributed by atoms with Gasteiger partial charge in [-0.15, -0.1) is 0 Å². The summed E-state index contributed by atoms with van der Waals surface area (Å²) in [7, 11) is 0. The van der Waals surface area contributed by atoms with Gasteiger partial charge in [-0.1, -0.05) is 23.5 Å². The van der Waals surface area contributed by atoms with Crippen molar-refractivity contribution in [3.63, 3.8) is 0 Å². The lowest BCUT2D eigenvalue weighted by Crippen LogP contribution is -2.34. The molecule has 4 rings (SSSR count). The summed E-state index contributed by atoms with van der Waals surface area (Å²) in [5, 5.41) is 0.599. The van der Waals surface area contributed by atoms with Gasteiger partial charge in [0.15, 0.2) is 11.7 Å². The van der Waals surface area contributed by atoms with Gasteiger partial charge in [-0.3, -0.25) is 14.7 Å². The first-order chi connectivity index (χ1) is 14.1. The molecule has 0 atom stereocenters. The van der Waals surface area contributed by atoms with Crippen molar-refractivity contribution in [2.45, 2.75) is 13.5 Å². The van der Waals surface area contributed by atoms with Gasteiger partial charge in [0.2, 0.25) is 0 Å². The molecule has 146 valence electrons. The Hall–Kier alpha value is -3.32. The first-order valence-electron chi connectivity index (χ1n) is 9.03. The Morgan fingerprint density at radius 1 is 1.17 bits per heavy atom. The van der Waals surface area contributed by atoms with Gasteiger partial charge in [0.05, 0.1) is 16.8 Å². The van der Waals surface area contributed by atoms with Crippen LogP contribution < -0.4 is 9.64 Å². The Labute approximate surface area is 171 Å². The lowest BCUT2D eigenvalue weighted by Gasteiger charge is -2.20. The molecule has 4 aromatic rings. The maximum absolute atomic E-state index is 13.1. The fourth-order valence-electron chi connectivity index (χ4n) is 2.83. The summed E-state index contributed by atoms with van der Waals surface area (Å²) < 4.78 is 19.6. The average Bonchev–Trinajstić information content (AvgIpc) is 3.15. The van der Waals surface area contributed by atoms with Crippen molar-refractivity contribution >= 4 is 32.6 Å². The molecule has 7 heteroatoms. The van der Waals surface area contributed by atoms with E-state index < -0.39 is 0 Å². The number of hydrogen-bond donors (Lipinski definition) is 0. The van der Waals surface area contributed by atoms with Crippen LogP contribution in [-0.4, -0.2) is 22.5 Å². The number of amides is 1. The van der Waals surface area contributed by atoms with E-state index in [0.717, 1.165) is 21.3 Å². The van der Waals surface area contributed by atoms with E-state index in [9.17, 15) is 9.18 Å². The minimum absolute atomic E-state index is 0.180. The summed E-state index contributed by atoms with van der Waals surface area (Å²) in [5.74, 6) is -0.165. The van der Waals surface area contributed by atoms with Gasteiger partial charge in [-0.2, -0.15) is 0 Å². The van der Waals surface area contributed by atoms with Gasteiger partial charge < -0.3 is 4.74 Å². The van der Waals surface area contributed by atoms with E-state index in [1.807, 2.05) is 31.2 Å². The predicted molar refractivity (Wildman–Crippen MR) is 112 cm³/mol. The van der Waals surface area contributed by atoms with Gasteiger partial charge in [0.1, 0.15) is 11.6 Å². The van der Waals surface area contributed by atoms with Crippen LogP contribution in [0.3, 0.4) is 0 Å². The highest BCUT2D eigenvalue weighted by atomic mass is 32.1. The number of fused-ring (bicyclic) bond motifs is 1. The molecule has 0 unspecified atom stereocenters. The number of carbonyl (C=O) groups excluding carboxylic acids is 1. The van der Waals surface area contributed by atoms with Crippen molar-refractivity contribution < 1.29 is 13.9 Å². The highest BCUT2D eigenvalue weighted by Gasteiger charge is 2.21. The Balaban J connectivity index is 1.59. The van der Waals surface area contributed by atoms with Crippen LogP contribution in [0, 0.1) is 12.7 Å². The smallest absolute Gasteiger partial charge is 0.267 e. The molecule has 1 amide bonds. The Bertz CT molecular complexity index is 1130. The molecular weight excluding hydrogens is 389 g/mol. The second-order valence-corrected chi connectivity index (χ2v) is 7.56. The number of thiazole rings is 1. The average molecular weight is 407 g/mol. The Kier molecular flexibility index (Phi) is 5.48. The maximum atomic E-state index is 13.1. The van der Waals surface area contributed by atoms with Gasteiger partial charge in [-0.05, 0) is 60.5 Å². The van der Waals surface area contributed by atoms with E-state index in [0.29, 0.717) is 17.4 Å². The van der Waals surface area contributed by atoms with E-state index in [1.165, 1.54) is 35.6 Å². The molecule has 0 radical (unpaired) electrons. The van der Waals surface area contributed by atoms with Crippen molar-refractivity contribution in [3.8, 4) is 5.75 Å². The summed E-state index contributed by atoms with van der Waals surface area (Å²) in [6.45, 7) is 2.17. The fraction of sp³-hybridized carbons (Fsp3) is 0.136. The first kappa shape index (κ1) is 19.0. The minimum Gasteiger partial charge on any atom is -0.484 e. The molecule has 0 aliphatic heterocycles. The summed E-state index contributed by atoms with van der Waals surface area (Å²) in [5.41, 5.74) is 2.87. The van der Waals surface area contributed by atoms with Crippen LogP contribution >= 0.6 is 11.3 Å². The first-order valence-corrected chi connectivity index (χ1v) is 9.85. The molecule has 2 aromatic heterocycles. The molecule has 5 nitrogen and oxygen atoms in total. The number of ether oxygens (including phenoxy) is 1. The standard InChI is InChI=1S/C22H18FN3O2S/c1-15-4-9-19-20(11-15)29-22(25-19)26(13-16-3-2-10-24-12-16)21(27)14-28-18-7-5-17(23)6-8-18/h2-12H,13-14H2,1H3. The number of aryl methyl sites for hydroxylation is 1. The molecule has 0 saturated heterocycles. The van der Waals surface area contributed by atoms with E-state index >= 15 is 0 Å². The maximum Gasteiger partial charge on any atom is 0.267 e. The van der Waals surface area contributed by atoms with E-state index in [1.54, 1.807) is 17.3 Å². The second-order valence-electron chi connectivity index (χ2n) is 6.55. The van der Waals surface area contributed by atoms with Crippen LogP contribution in [0.15, 0.2) is 67.0 Å². The molecule has 0 aliphatic carbocycles. The topological polar surface area (TPSA) is 55.3 Å². The number of anilines is 1. The monoisotopic (exact) mass is 407 g/mol. The zero-order valence-electron chi connectivity index (χ0n) is 15.7. The van der Waals surface area contributed by atoms with E-state index in [2.05, 4.69) is 16.0 Å². The van der Waals surface area contributed by atoms with E-state index in [-0.39, 0.29) is 18.3 Å². The molecule has 0 saturated carbocycles. The third kappa shape index (κ3) is 4.57. The number of hydrogen-bond acceptors (Lipinski definition) is 5. The SMILES string of the molecule is Cc1ccc2nc(N(Cc3cccnc3)C(=O)COc3ccc(F)cc3)sc2c1. The zero-order valence-corrected chi connectivity index (χ0v) is 16.5. The third-order valence-electron chi connectivity index (χ3n) is 4.30. The number of rotatable bonds is 6. The van der Waals surface area contributed by atoms with Crippen LogP contribution in [0.1, 0.15) is 11.1 Å². The molecule has 0 bridgehead atoms. The van der Waals surface area contributed by atoms with Crippen molar-refractivity contribution in [1.29, 1.82) is 0 Å². The van der Waals surface area contributed by atoms with Crippen molar-refractivity contribution in [2.24, 2.45) is 0 Å². The van der Waals surface area contributed by atoms with Crippen LogP contribution in [0.2, 0.25) is 0 Å². The number of carbonyl (C=O) groups is 1. The molecule has 0 fully saturated rings. The summed E-state index contributed by atoms with van der Waals surface area (Å²) in [6, 6.07) is 15.3. The molecule has 0 N–H and O–H groups in total. The molecular formula is C22H18FN3O2S. The molecule has 29 heavy (non-hydrogen) atoms. The minimum atomic E-state index is -0.355. The van der Waals surface area contributed by atoms with Gasteiger partial charge >= 0.3 is 0 Å². The van der Waals surface area contributed by atoms with Crippen molar-refractivity contribution in [3.05, 3.63) is 83.9 Å².